The van der Waals surface area contributed by atoms with E-state index < -0.39 is 0 Å². The first-order chi connectivity index (χ1) is 7.78. The van der Waals surface area contributed by atoms with Crippen molar-refractivity contribution in [1.82, 2.24) is 5.48 Å². The van der Waals surface area contributed by atoms with Gasteiger partial charge in [-0.1, -0.05) is 6.07 Å². The fourth-order valence-corrected chi connectivity index (χ4v) is 1.61. The number of hydrogen-bond acceptors (Lipinski definition) is 5. The van der Waals surface area contributed by atoms with Crippen molar-refractivity contribution in [3.63, 3.8) is 0 Å². The molecule has 0 spiro atoms. The van der Waals surface area contributed by atoms with E-state index in [1.54, 1.807) is 21.3 Å². The van der Waals surface area contributed by atoms with E-state index in [4.69, 9.17) is 19.4 Å². The lowest BCUT2D eigenvalue weighted by molar-refractivity contribution is 0.158. The van der Waals surface area contributed by atoms with Crippen molar-refractivity contribution in [2.24, 2.45) is 0 Å². The summed E-state index contributed by atoms with van der Waals surface area (Å²) in [6.07, 6.45) is 0. The zero-order valence-corrected chi connectivity index (χ0v) is 9.74. The Bertz CT molecular complexity index is 341. The molecular formula is C11H17NO4. The lowest BCUT2D eigenvalue weighted by Crippen LogP contribution is -2.09. The number of ether oxygens (including phenoxy) is 3. The molecule has 1 rings (SSSR count). The second-order valence-electron chi connectivity index (χ2n) is 3.21. The lowest BCUT2D eigenvalue weighted by atomic mass is 10.1. The highest BCUT2D eigenvalue weighted by molar-refractivity contribution is 5.49. The molecule has 16 heavy (non-hydrogen) atoms. The molecule has 90 valence electrons. The molecule has 0 heterocycles. The molecule has 1 aromatic carbocycles. The summed E-state index contributed by atoms with van der Waals surface area (Å²) in [4.78, 5) is 0. The maximum atomic E-state index is 8.72. The molecule has 0 atom stereocenters. The third-order valence-corrected chi connectivity index (χ3v) is 2.28. The van der Waals surface area contributed by atoms with Gasteiger partial charge in [0.25, 0.3) is 0 Å². The van der Waals surface area contributed by atoms with Crippen molar-refractivity contribution in [2.45, 2.75) is 13.2 Å². The molecule has 0 aliphatic carbocycles. The van der Waals surface area contributed by atoms with E-state index in [-0.39, 0.29) is 0 Å². The number of hydroxylamine groups is 1. The summed E-state index contributed by atoms with van der Waals surface area (Å²) in [6, 6.07) is 3.66. The van der Waals surface area contributed by atoms with Crippen molar-refractivity contribution < 1.29 is 19.4 Å². The highest BCUT2D eigenvalue weighted by Gasteiger charge is 2.14. The predicted octanol–water partition coefficient (Wildman–Crippen LogP) is 1.33. The number of benzene rings is 1. The molecule has 0 aliphatic rings. The Kier molecular flexibility index (Phi) is 5.04. The van der Waals surface area contributed by atoms with Gasteiger partial charge >= 0.3 is 0 Å². The van der Waals surface area contributed by atoms with E-state index in [1.165, 1.54) is 0 Å². The minimum absolute atomic E-state index is 0.309. The zero-order chi connectivity index (χ0) is 12.0. The van der Waals surface area contributed by atoms with Gasteiger partial charge in [0.05, 0.1) is 26.4 Å². The Balaban J connectivity index is 3.19. The molecule has 0 amide bonds. The van der Waals surface area contributed by atoms with Gasteiger partial charge in [0.1, 0.15) is 11.5 Å². The summed E-state index contributed by atoms with van der Waals surface area (Å²) in [6.45, 7) is 0.704. The third kappa shape index (κ3) is 2.63. The van der Waals surface area contributed by atoms with Crippen molar-refractivity contribution in [3.05, 3.63) is 23.3 Å². The van der Waals surface area contributed by atoms with E-state index in [0.717, 1.165) is 11.1 Å². The molecule has 0 bridgehead atoms. The SMILES string of the molecule is COCc1c(OC)ccc(CNO)c1OC. The molecule has 0 aromatic heterocycles. The molecule has 0 fully saturated rings. The summed E-state index contributed by atoms with van der Waals surface area (Å²) in [5.41, 5.74) is 3.78. The molecular weight excluding hydrogens is 210 g/mol. The number of nitrogens with one attached hydrogen (secondary N) is 1. The summed E-state index contributed by atoms with van der Waals surface area (Å²) in [5.74, 6) is 1.38. The van der Waals surface area contributed by atoms with Gasteiger partial charge in [0, 0.05) is 19.2 Å². The van der Waals surface area contributed by atoms with Crippen LogP contribution in [-0.2, 0) is 17.9 Å². The van der Waals surface area contributed by atoms with Crippen LogP contribution in [0.25, 0.3) is 0 Å². The van der Waals surface area contributed by atoms with Crippen LogP contribution in [0.5, 0.6) is 11.5 Å². The van der Waals surface area contributed by atoms with Crippen LogP contribution in [0.2, 0.25) is 0 Å². The van der Waals surface area contributed by atoms with Gasteiger partial charge in [0.2, 0.25) is 0 Å². The van der Waals surface area contributed by atoms with Crippen LogP contribution in [0.3, 0.4) is 0 Å². The molecule has 0 radical (unpaired) electrons. The zero-order valence-electron chi connectivity index (χ0n) is 9.74. The van der Waals surface area contributed by atoms with Gasteiger partial charge < -0.3 is 19.4 Å². The molecule has 0 unspecified atom stereocenters. The van der Waals surface area contributed by atoms with Crippen molar-refractivity contribution in [2.75, 3.05) is 21.3 Å². The van der Waals surface area contributed by atoms with Crippen molar-refractivity contribution in [3.8, 4) is 11.5 Å². The molecule has 2 N–H and O–H groups in total. The van der Waals surface area contributed by atoms with Crippen LogP contribution < -0.4 is 15.0 Å². The Morgan fingerprint density at radius 1 is 1.19 bits per heavy atom. The van der Waals surface area contributed by atoms with Gasteiger partial charge in [-0.15, -0.1) is 0 Å². The van der Waals surface area contributed by atoms with E-state index in [0.29, 0.717) is 24.7 Å². The molecule has 1 aromatic rings. The Hall–Kier alpha value is -1.30. The second kappa shape index (κ2) is 6.32. The minimum Gasteiger partial charge on any atom is -0.496 e. The monoisotopic (exact) mass is 227 g/mol. The maximum absolute atomic E-state index is 8.72. The van der Waals surface area contributed by atoms with Gasteiger partial charge in [-0.25, -0.2) is 5.48 Å². The van der Waals surface area contributed by atoms with E-state index in [2.05, 4.69) is 5.48 Å². The molecule has 5 nitrogen and oxygen atoms in total. The first kappa shape index (κ1) is 12.8. The van der Waals surface area contributed by atoms with Crippen molar-refractivity contribution >= 4 is 0 Å². The summed E-state index contributed by atoms with van der Waals surface area (Å²) >= 11 is 0. The quantitative estimate of drug-likeness (QED) is 0.718. The standard InChI is InChI=1S/C11H17NO4/c1-14-7-9-10(15-2)5-4-8(6-12-13)11(9)16-3/h4-5,12-13H,6-7H2,1-3H3. The van der Waals surface area contributed by atoms with Gasteiger partial charge in [-0.3, -0.25) is 0 Å². The fraction of sp³-hybridized carbons (Fsp3) is 0.455. The third-order valence-electron chi connectivity index (χ3n) is 2.28. The Morgan fingerprint density at radius 3 is 2.44 bits per heavy atom. The number of methoxy groups -OCH3 is 3. The van der Waals surface area contributed by atoms with Crippen LogP contribution in [-0.4, -0.2) is 26.5 Å². The van der Waals surface area contributed by atoms with Gasteiger partial charge in [0.15, 0.2) is 0 Å². The van der Waals surface area contributed by atoms with E-state index in [9.17, 15) is 0 Å². The molecule has 0 saturated carbocycles. The van der Waals surface area contributed by atoms with Gasteiger partial charge in [-0.2, -0.15) is 0 Å². The summed E-state index contributed by atoms with van der Waals surface area (Å²) < 4.78 is 15.6. The largest absolute Gasteiger partial charge is 0.496 e. The van der Waals surface area contributed by atoms with Gasteiger partial charge in [-0.05, 0) is 6.07 Å². The Morgan fingerprint density at radius 2 is 1.94 bits per heavy atom. The number of hydrogen-bond donors (Lipinski definition) is 2. The van der Waals surface area contributed by atoms with Crippen LogP contribution >= 0.6 is 0 Å². The summed E-state index contributed by atoms with van der Waals surface area (Å²) in [5, 5.41) is 8.72. The predicted molar refractivity (Wildman–Crippen MR) is 58.9 cm³/mol. The average Bonchev–Trinajstić information content (AvgIpc) is 2.30. The first-order valence-corrected chi connectivity index (χ1v) is 4.87. The van der Waals surface area contributed by atoms with Crippen LogP contribution in [0, 0.1) is 0 Å². The highest BCUT2D eigenvalue weighted by Crippen LogP contribution is 2.32. The summed E-state index contributed by atoms with van der Waals surface area (Å²) in [7, 11) is 4.78. The normalized spacial score (nSPS) is 10.2. The second-order valence-corrected chi connectivity index (χ2v) is 3.21. The average molecular weight is 227 g/mol. The molecule has 0 saturated heterocycles. The van der Waals surface area contributed by atoms with E-state index >= 15 is 0 Å². The minimum atomic E-state index is 0.309. The lowest BCUT2D eigenvalue weighted by Gasteiger charge is -2.16. The smallest absolute Gasteiger partial charge is 0.132 e. The topological polar surface area (TPSA) is 60.0 Å². The Labute approximate surface area is 94.9 Å². The fourth-order valence-electron chi connectivity index (χ4n) is 1.61. The first-order valence-electron chi connectivity index (χ1n) is 4.87. The molecule has 0 aliphatic heterocycles. The highest BCUT2D eigenvalue weighted by atomic mass is 16.5. The number of rotatable bonds is 6. The van der Waals surface area contributed by atoms with Crippen molar-refractivity contribution in [1.29, 1.82) is 0 Å². The molecule has 5 heteroatoms. The maximum Gasteiger partial charge on any atom is 0.132 e. The van der Waals surface area contributed by atoms with Crippen LogP contribution in [0.1, 0.15) is 11.1 Å². The van der Waals surface area contributed by atoms with Crippen LogP contribution in [0.15, 0.2) is 12.1 Å². The van der Waals surface area contributed by atoms with E-state index in [1.807, 2.05) is 12.1 Å². The van der Waals surface area contributed by atoms with Crippen LogP contribution in [0.4, 0.5) is 0 Å².